The number of anilines is 1. The number of nitrogens with one attached hydrogen (secondary N) is 1. The Labute approximate surface area is 204 Å². The second kappa shape index (κ2) is 7.09. The van der Waals surface area contributed by atoms with Gasteiger partial charge in [-0.25, -0.2) is 0 Å². The van der Waals surface area contributed by atoms with Crippen LogP contribution < -0.4 is 9.77 Å². The molecule has 172 valence electrons. The summed E-state index contributed by atoms with van der Waals surface area (Å²) in [5, 5.41) is 10.9. The zero-order valence-electron chi connectivity index (χ0n) is 18.3. The molecule has 4 aliphatic rings. The molecule has 2 bridgehead atoms. The molecule has 8 heteroatoms. The van der Waals surface area contributed by atoms with E-state index >= 15 is 0 Å². The minimum absolute atomic E-state index is 0.0296. The van der Waals surface area contributed by atoms with E-state index in [4.69, 9.17) is 0 Å². The van der Waals surface area contributed by atoms with Crippen molar-refractivity contribution in [1.82, 2.24) is 4.98 Å². The van der Waals surface area contributed by atoms with Crippen LogP contribution >= 0.6 is 23.1 Å². The van der Waals surface area contributed by atoms with Crippen molar-refractivity contribution in [2.45, 2.75) is 29.5 Å². The van der Waals surface area contributed by atoms with Crippen LogP contribution in [0.4, 0.5) is 5.69 Å². The molecule has 0 spiro atoms. The van der Waals surface area contributed by atoms with Gasteiger partial charge in [-0.05, 0) is 60.9 Å². The lowest BCUT2D eigenvalue weighted by atomic mass is 9.68. The predicted octanol–water partition coefficient (Wildman–Crippen LogP) is 4.13. The van der Waals surface area contributed by atoms with E-state index in [0.29, 0.717) is 5.69 Å². The predicted molar refractivity (Wildman–Crippen MR) is 130 cm³/mol. The number of aryl methyl sites for hydroxylation is 1. The van der Waals surface area contributed by atoms with E-state index in [9.17, 15) is 19.5 Å². The van der Waals surface area contributed by atoms with Crippen LogP contribution in [0.2, 0.25) is 0 Å². The van der Waals surface area contributed by atoms with Gasteiger partial charge in [0, 0.05) is 16.0 Å². The molecule has 34 heavy (non-hydrogen) atoms. The molecule has 3 heterocycles. The van der Waals surface area contributed by atoms with Crippen LogP contribution in [-0.2, 0) is 9.59 Å². The van der Waals surface area contributed by atoms with E-state index in [0.717, 1.165) is 27.5 Å². The Hall–Kier alpha value is -2.84. The van der Waals surface area contributed by atoms with Crippen molar-refractivity contribution in [3.63, 3.8) is 0 Å². The number of phenols is 1. The number of thiazole rings is 1. The maximum Gasteiger partial charge on any atom is 0.305 e. The number of aromatic nitrogens is 1. The smallest absolute Gasteiger partial charge is 0.305 e. The molecule has 2 aliphatic heterocycles. The van der Waals surface area contributed by atoms with Gasteiger partial charge >= 0.3 is 4.87 Å². The number of aromatic amines is 1. The topological polar surface area (TPSA) is 90.5 Å². The summed E-state index contributed by atoms with van der Waals surface area (Å²) in [6.07, 6.45) is 0.866. The number of amides is 2. The fourth-order valence-electron chi connectivity index (χ4n) is 7.02. The molecule has 1 aromatic heterocycles. The highest BCUT2D eigenvalue weighted by molar-refractivity contribution is 8.00. The van der Waals surface area contributed by atoms with Crippen molar-refractivity contribution in [2.24, 2.45) is 29.6 Å². The zero-order chi connectivity index (χ0) is 23.3. The summed E-state index contributed by atoms with van der Waals surface area (Å²) in [7, 11) is 0. The highest BCUT2D eigenvalue weighted by Crippen LogP contribution is 2.68. The maximum absolute atomic E-state index is 13.7. The molecule has 1 saturated heterocycles. The van der Waals surface area contributed by atoms with E-state index in [-0.39, 0.29) is 63.2 Å². The van der Waals surface area contributed by atoms with Crippen molar-refractivity contribution in [2.75, 3.05) is 4.90 Å². The van der Waals surface area contributed by atoms with Crippen LogP contribution in [0.25, 0.3) is 0 Å². The van der Waals surface area contributed by atoms with Gasteiger partial charge in [0.2, 0.25) is 11.8 Å². The molecular formula is C26H22N2O4S2. The number of H-pyrrole nitrogens is 1. The lowest BCUT2D eigenvalue weighted by Gasteiger charge is -2.43. The average Bonchev–Trinajstić information content (AvgIpc) is 3.54. The number of phenolic OH excluding ortho intramolecular Hbond substituents is 1. The number of carbonyl (C=O) groups excluding carboxylic acids is 2. The summed E-state index contributed by atoms with van der Waals surface area (Å²) < 4.78 is 0. The lowest BCUT2D eigenvalue weighted by Crippen LogP contribution is -2.42. The first kappa shape index (κ1) is 20.5. The van der Waals surface area contributed by atoms with E-state index in [1.165, 1.54) is 16.2 Å². The molecule has 2 saturated carbocycles. The number of hydrogen-bond acceptors (Lipinski definition) is 6. The number of nitrogens with zero attached hydrogens (tertiary/aromatic N) is 1. The monoisotopic (exact) mass is 490 g/mol. The molecule has 2 amide bonds. The Kier molecular flexibility index (Phi) is 4.28. The Bertz CT molecular complexity index is 1390. The summed E-state index contributed by atoms with van der Waals surface area (Å²) >= 11 is 2.93. The molecule has 2 N–H and O–H groups in total. The van der Waals surface area contributed by atoms with Crippen LogP contribution in [0.5, 0.6) is 5.75 Å². The highest BCUT2D eigenvalue weighted by atomic mass is 32.2. The third-order valence-electron chi connectivity index (χ3n) is 8.27. The summed E-state index contributed by atoms with van der Waals surface area (Å²) in [5.74, 6) is -0.226. The molecule has 3 aromatic rings. The zero-order valence-corrected chi connectivity index (χ0v) is 19.9. The van der Waals surface area contributed by atoms with Gasteiger partial charge in [0.25, 0.3) is 0 Å². The van der Waals surface area contributed by atoms with Crippen LogP contribution in [0.15, 0.2) is 58.4 Å². The van der Waals surface area contributed by atoms with E-state index in [2.05, 4.69) is 4.98 Å². The van der Waals surface area contributed by atoms with Crippen LogP contribution in [-0.4, -0.2) is 27.2 Å². The number of carbonyl (C=O) groups is 2. The van der Waals surface area contributed by atoms with Crippen molar-refractivity contribution >= 4 is 40.6 Å². The normalized spacial score (nSPS) is 33.2. The SMILES string of the molecule is Cc1ccc(N2C(=O)[C@@H]3[C@H]4C[C@@H]([C@@H]3C2=O)[C@@H]2[C@@H](c3ccc(O)cc3)c3sc(=O)[nH]c3S[C@@H]42)cc1. The molecule has 2 aromatic carbocycles. The largest absolute Gasteiger partial charge is 0.508 e. The number of fused-ring (bicyclic) bond motifs is 9. The lowest BCUT2D eigenvalue weighted by molar-refractivity contribution is -0.123. The van der Waals surface area contributed by atoms with Gasteiger partial charge in [0.15, 0.2) is 0 Å². The number of rotatable bonds is 2. The second-order valence-corrected chi connectivity index (χ2v) is 12.1. The number of aromatic hydroxyl groups is 1. The summed E-state index contributed by atoms with van der Waals surface area (Å²) in [4.78, 5) is 45.0. The standard InChI is InChI=1S/C26H22N2O4S2/c1-11-2-6-13(7-3-11)28-24(30)19-15-10-16(20(19)25(28)31)21-18(15)17(12-4-8-14(29)9-5-12)22-23(33-21)27-26(32)34-22/h2-9,15-21,29H,10H2,1H3,(H,27,32)/t15-,16-,17-,18-,19+,20-,21+/m1/s1. The average molecular weight is 491 g/mol. The second-order valence-electron chi connectivity index (χ2n) is 9.90. The molecule has 2 aliphatic carbocycles. The Balaban J connectivity index is 1.32. The maximum atomic E-state index is 13.7. The van der Waals surface area contributed by atoms with Crippen molar-refractivity contribution in [1.29, 1.82) is 0 Å². The van der Waals surface area contributed by atoms with Gasteiger partial charge in [0.05, 0.1) is 22.5 Å². The van der Waals surface area contributed by atoms with Gasteiger partial charge in [-0.15, -0.1) is 11.8 Å². The Morgan fingerprint density at radius 3 is 2.32 bits per heavy atom. The van der Waals surface area contributed by atoms with E-state index in [1.54, 1.807) is 23.9 Å². The van der Waals surface area contributed by atoms with Crippen LogP contribution in [0.3, 0.4) is 0 Å². The third kappa shape index (κ3) is 2.66. The third-order valence-corrected chi connectivity index (χ3v) is 10.9. The molecule has 0 radical (unpaired) electrons. The van der Waals surface area contributed by atoms with Gasteiger partial charge in [-0.1, -0.05) is 41.2 Å². The summed E-state index contributed by atoms with van der Waals surface area (Å²) in [6, 6.07) is 14.8. The van der Waals surface area contributed by atoms with Gasteiger partial charge in [-0.3, -0.25) is 19.3 Å². The fourth-order valence-corrected chi connectivity index (χ4v) is 9.91. The first-order valence-electron chi connectivity index (χ1n) is 11.6. The molecule has 0 unspecified atom stereocenters. The number of hydrogen-bond donors (Lipinski definition) is 2. The first-order valence-corrected chi connectivity index (χ1v) is 13.2. The Morgan fingerprint density at radius 1 is 0.941 bits per heavy atom. The summed E-state index contributed by atoms with van der Waals surface area (Å²) in [5.41, 5.74) is 2.78. The molecular weight excluding hydrogens is 468 g/mol. The van der Waals surface area contributed by atoms with Crippen molar-refractivity contribution < 1.29 is 14.7 Å². The van der Waals surface area contributed by atoms with Crippen LogP contribution in [0, 0.1) is 36.5 Å². The van der Waals surface area contributed by atoms with Crippen molar-refractivity contribution in [3.8, 4) is 5.75 Å². The molecule has 3 fully saturated rings. The van der Waals surface area contributed by atoms with Gasteiger partial charge < -0.3 is 10.1 Å². The first-order chi connectivity index (χ1) is 16.4. The quantitative estimate of drug-likeness (QED) is 0.527. The minimum atomic E-state index is -0.308. The van der Waals surface area contributed by atoms with E-state index in [1.807, 2.05) is 43.3 Å². The molecule has 7 rings (SSSR count). The van der Waals surface area contributed by atoms with Gasteiger partial charge in [-0.2, -0.15) is 0 Å². The van der Waals surface area contributed by atoms with Gasteiger partial charge in [0.1, 0.15) is 5.75 Å². The number of benzene rings is 2. The fraction of sp³-hybridized carbons (Fsp3) is 0.346. The Morgan fingerprint density at radius 2 is 1.62 bits per heavy atom. The van der Waals surface area contributed by atoms with Crippen LogP contribution in [0.1, 0.15) is 28.3 Å². The molecule has 7 atom stereocenters. The number of thioether (sulfide) groups is 1. The minimum Gasteiger partial charge on any atom is -0.508 e. The number of imide groups is 1. The highest BCUT2D eigenvalue weighted by Gasteiger charge is 2.69. The van der Waals surface area contributed by atoms with Crippen molar-refractivity contribution in [3.05, 3.63) is 74.2 Å². The molecule has 6 nitrogen and oxygen atoms in total. The van der Waals surface area contributed by atoms with E-state index < -0.39 is 0 Å². The summed E-state index contributed by atoms with van der Waals surface area (Å²) in [6.45, 7) is 1.99.